The molecule has 0 aliphatic rings. The molecule has 7 heavy (non-hydrogen) atoms. The van der Waals surface area contributed by atoms with Crippen molar-refractivity contribution >= 4 is 0 Å². The Bertz CT molecular complexity index is 53.1. The molecule has 0 bridgehead atoms. The van der Waals surface area contributed by atoms with Crippen molar-refractivity contribution in [1.82, 2.24) is 0 Å². The zero-order valence-electron chi connectivity index (χ0n) is 5.31. The maximum Gasteiger partial charge on any atom is -0.0236 e. The van der Waals surface area contributed by atoms with Crippen molar-refractivity contribution in [2.45, 2.75) is 20.8 Å². The summed E-state index contributed by atoms with van der Waals surface area (Å²) in [4.78, 5) is 0. The molecule has 0 aromatic carbocycles. The first-order chi connectivity index (χ1) is 3.18. The molecule has 0 rings (SSSR count). The Morgan fingerprint density at radius 3 is 1.71 bits per heavy atom. The average Bonchev–Trinajstić information content (AvgIpc) is 1.65. The summed E-state index contributed by atoms with van der Waals surface area (Å²) in [6.45, 7) is 11.7. The highest BCUT2D eigenvalue weighted by Crippen LogP contribution is 2.08. The van der Waals surface area contributed by atoms with Crippen molar-refractivity contribution in [3.63, 3.8) is 0 Å². The summed E-state index contributed by atoms with van der Waals surface area (Å²) in [5, 5.41) is 0. The summed E-state index contributed by atoms with van der Waals surface area (Å²) in [5.41, 5.74) is 0. The molecule has 0 saturated carbocycles. The molecular formula is C7H13. The summed E-state index contributed by atoms with van der Waals surface area (Å²) in [5.74, 6) is 1.24. The van der Waals surface area contributed by atoms with Crippen molar-refractivity contribution in [2.24, 2.45) is 11.8 Å². The third-order valence-corrected chi connectivity index (χ3v) is 1.36. The van der Waals surface area contributed by atoms with Gasteiger partial charge in [0.15, 0.2) is 0 Å². The molecule has 0 aliphatic heterocycles. The van der Waals surface area contributed by atoms with Crippen molar-refractivity contribution in [3.8, 4) is 0 Å². The third-order valence-electron chi connectivity index (χ3n) is 1.36. The fourth-order valence-corrected chi connectivity index (χ4v) is 0.222. The van der Waals surface area contributed by atoms with Gasteiger partial charge < -0.3 is 0 Å². The molecule has 0 amide bonds. The van der Waals surface area contributed by atoms with Crippen LogP contribution in [0.5, 0.6) is 0 Å². The minimum Gasteiger partial charge on any atom is -0.0815 e. The summed E-state index contributed by atoms with van der Waals surface area (Å²) < 4.78 is 0. The van der Waals surface area contributed by atoms with Crippen molar-refractivity contribution in [2.75, 3.05) is 0 Å². The van der Waals surface area contributed by atoms with Crippen LogP contribution >= 0.6 is 0 Å². The molecule has 0 aromatic heterocycles. The minimum absolute atomic E-state index is 0.556. The van der Waals surface area contributed by atoms with Gasteiger partial charge in [-0.2, -0.15) is 0 Å². The highest BCUT2D eigenvalue weighted by Gasteiger charge is 1.98. The second-order valence-corrected chi connectivity index (χ2v) is 2.30. The molecular weight excluding hydrogens is 84.1 g/mol. The molecule has 0 heteroatoms. The van der Waals surface area contributed by atoms with E-state index in [-0.39, 0.29) is 0 Å². The predicted molar refractivity (Wildman–Crippen MR) is 32.9 cm³/mol. The van der Waals surface area contributed by atoms with Gasteiger partial charge in [-0.1, -0.05) is 33.4 Å². The quantitative estimate of drug-likeness (QED) is 0.496. The Morgan fingerprint density at radius 2 is 1.71 bits per heavy atom. The maximum atomic E-state index is 5.25. The van der Waals surface area contributed by atoms with E-state index in [0.717, 1.165) is 0 Å². The minimum atomic E-state index is 0.556. The van der Waals surface area contributed by atoms with E-state index in [9.17, 15) is 0 Å². The van der Waals surface area contributed by atoms with E-state index in [1.54, 1.807) is 6.08 Å². The van der Waals surface area contributed by atoms with E-state index in [0.29, 0.717) is 11.8 Å². The lowest BCUT2D eigenvalue weighted by molar-refractivity contribution is 0.504. The van der Waals surface area contributed by atoms with Crippen molar-refractivity contribution in [3.05, 3.63) is 12.7 Å². The van der Waals surface area contributed by atoms with Crippen LogP contribution in [0.25, 0.3) is 0 Å². The van der Waals surface area contributed by atoms with Crippen LogP contribution < -0.4 is 0 Å². The molecule has 0 aromatic rings. The largest absolute Gasteiger partial charge is 0.0815 e. The molecule has 1 unspecified atom stereocenters. The normalized spacial score (nSPS) is 14.3. The first kappa shape index (κ1) is 6.74. The van der Waals surface area contributed by atoms with Gasteiger partial charge in [0.05, 0.1) is 0 Å². The van der Waals surface area contributed by atoms with Crippen LogP contribution in [0.4, 0.5) is 0 Å². The van der Waals surface area contributed by atoms with Crippen LogP contribution in [0.2, 0.25) is 0 Å². The molecule has 1 radical (unpaired) electrons. The van der Waals surface area contributed by atoms with Crippen LogP contribution in [-0.4, -0.2) is 0 Å². The number of rotatable bonds is 2. The SMILES string of the molecule is [CH]=CC(C)C(C)C. The van der Waals surface area contributed by atoms with Gasteiger partial charge in [-0.05, 0) is 11.8 Å². The van der Waals surface area contributed by atoms with Gasteiger partial charge in [0.2, 0.25) is 0 Å². The van der Waals surface area contributed by atoms with Gasteiger partial charge in [0.1, 0.15) is 0 Å². The van der Waals surface area contributed by atoms with Gasteiger partial charge in [-0.25, -0.2) is 0 Å². The van der Waals surface area contributed by atoms with Crippen LogP contribution in [0.3, 0.4) is 0 Å². The van der Waals surface area contributed by atoms with Gasteiger partial charge >= 0.3 is 0 Å². The van der Waals surface area contributed by atoms with E-state index in [1.807, 2.05) is 0 Å². The second-order valence-electron chi connectivity index (χ2n) is 2.30. The van der Waals surface area contributed by atoms with E-state index >= 15 is 0 Å². The fraction of sp³-hybridized carbons (Fsp3) is 0.714. The Kier molecular flexibility index (Phi) is 2.73. The Hall–Kier alpha value is -0.260. The average molecular weight is 97.2 g/mol. The second kappa shape index (κ2) is 2.84. The van der Waals surface area contributed by atoms with Crippen LogP contribution in [0.15, 0.2) is 6.08 Å². The number of hydrogen-bond donors (Lipinski definition) is 0. The van der Waals surface area contributed by atoms with E-state index in [2.05, 4.69) is 20.8 Å². The molecule has 1 atom stereocenters. The molecule has 0 heterocycles. The molecule has 0 aliphatic carbocycles. The van der Waals surface area contributed by atoms with Gasteiger partial charge in [-0.15, -0.1) is 0 Å². The molecule has 0 nitrogen and oxygen atoms in total. The van der Waals surface area contributed by atoms with Gasteiger partial charge in [0, 0.05) is 0 Å². The molecule has 0 fully saturated rings. The topological polar surface area (TPSA) is 0 Å². The van der Waals surface area contributed by atoms with Crippen LogP contribution in [-0.2, 0) is 0 Å². The summed E-state index contributed by atoms with van der Waals surface area (Å²) in [7, 11) is 0. The first-order valence-electron chi connectivity index (χ1n) is 2.73. The van der Waals surface area contributed by atoms with Crippen molar-refractivity contribution in [1.29, 1.82) is 0 Å². The molecule has 0 saturated heterocycles. The third kappa shape index (κ3) is 2.44. The molecule has 0 spiro atoms. The Balaban J connectivity index is 3.33. The van der Waals surface area contributed by atoms with Crippen LogP contribution in [0, 0.1) is 18.4 Å². The zero-order valence-corrected chi connectivity index (χ0v) is 5.31. The van der Waals surface area contributed by atoms with E-state index < -0.39 is 0 Å². The summed E-state index contributed by atoms with van der Waals surface area (Å²) in [6.07, 6.45) is 1.74. The zero-order chi connectivity index (χ0) is 5.86. The fourth-order valence-electron chi connectivity index (χ4n) is 0.222. The summed E-state index contributed by atoms with van der Waals surface area (Å²) in [6, 6.07) is 0. The standard InChI is InChI=1S/C7H13/c1-5-7(4)6(2)3/h1,5-7H,2-4H3. The van der Waals surface area contributed by atoms with Crippen LogP contribution in [0.1, 0.15) is 20.8 Å². The number of hydrogen-bond acceptors (Lipinski definition) is 0. The van der Waals surface area contributed by atoms with Gasteiger partial charge in [-0.3, -0.25) is 0 Å². The van der Waals surface area contributed by atoms with E-state index in [4.69, 9.17) is 6.58 Å². The van der Waals surface area contributed by atoms with Crippen molar-refractivity contribution < 1.29 is 0 Å². The lowest BCUT2D eigenvalue weighted by Crippen LogP contribution is -1.97. The number of allylic oxidation sites excluding steroid dienone is 1. The summed E-state index contributed by atoms with van der Waals surface area (Å²) >= 11 is 0. The van der Waals surface area contributed by atoms with E-state index in [1.165, 1.54) is 0 Å². The first-order valence-corrected chi connectivity index (χ1v) is 2.73. The van der Waals surface area contributed by atoms with Gasteiger partial charge in [0.25, 0.3) is 0 Å². The highest BCUT2D eigenvalue weighted by molar-refractivity contribution is 4.73. The Labute approximate surface area is 46.2 Å². The monoisotopic (exact) mass is 97.1 g/mol. The lowest BCUT2D eigenvalue weighted by Gasteiger charge is -2.07. The Morgan fingerprint density at radius 1 is 1.29 bits per heavy atom. The molecule has 41 valence electrons. The predicted octanol–water partition coefficient (Wildman–Crippen LogP) is 2.27. The lowest BCUT2D eigenvalue weighted by atomic mass is 9.99. The smallest absolute Gasteiger partial charge is 0.0236 e. The maximum absolute atomic E-state index is 5.25. The highest BCUT2D eigenvalue weighted by atomic mass is 14.0. The molecule has 0 N–H and O–H groups in total.